The van der Waals surface area contributed by atoms with Crippen LogP contribution in [-0.4, -0.2) is 61.1 Å². The van der Waals surface area contributed by atoms with Crippen LogP contribution in [0.5, 0.6) is 0 Å². The normalized spacial score (nSPS) is 19.0. The summed E-state index contributed by atoms with van der Waals surface area (Å²) in [7, 11) is 3.33. The molecule has 0 radical (unpaired) electrons. The number of nitrogens with zero attached hydrogens (tertiary/aromatic N) is 4. The molecule has 0 aliphatic carbocycles. The summed E-state index contributed by atoms with van der Waals surface area (Å²) in [6.07, 6.45) is -0.751. The van der Waals surface area contributed by atoms with Crippen molar-refractivity contribution < 1.29 is 32.0 Å². The summed E-state index contributed by atoms with van der Waals surface area (Å²) in [4.78, 5) is 28.3. The summed E-state index contributed by atoms with van der Waals surface area (Å²) in [5, 5.41) is 18.6. The van der Waals surface area contributed by atoms with Crippen molar-refractivity contribution in [3.63, 3.8) is 0 Å². The quantitative estimate of drug-likeness (QED) is 0.363. The van der Waals surface area contributed by atoms with Crippen LogP contribution >= 0.6 is 0 Å². The van der Waals surface area contributed by atoms with E-state index >= 15 is 0 Å². The number of halogens is 3. The Morgan fingerprint density at radius 3 is 2.45 bits per heavy atom. The second kappa shape index (κ2) is 11.9. The maximum atomic E-state index is 13.6. The molecule has 222 valence electrons. The van der Waals surface area contributed by atoms with Crippen molar-refractivity contribution in [3.05, 3.63) is 76.0 Å². The molecular weight excluding hydrogens is 549 g/mol. The second-order valence-electron chi connectivity index (χ2n) is 10.9. The zero-order valence-electron chi connectivity index (χ0n) is 23.8. The van der Waals surface area contributed by atoms with Gasteiger partial charge in [0, 0.05) is 17.8 Å². The number of ether oxygens (including phenoxy) is 1. The minimum Gasteiger partial charge on any atom is -0.466 e. The number of rotatable bonds is 6. The predicted octanol–water partition coefficient (Wildman–Crippen LogP) is 5.07. The van der Waals surface area contributed by atoms with Gasteiger partial charge in [-0.3, -0.25) is 15.2 Å². The van der Waals surface area contributed by atoms with Crippen LogP contribution in [0.4, 0.5) is 23.7 Å². The van der Waals surface area contributed by atoms with Crippen LogP contribution in [0, 0.1) is 16.7 Å². The number of nitriles is 1. The van der Waals surface area contributed by atoms with Crippen molar-refractivity contribution in [1.82, 2.24) is 4.90 Å². The van der Waals surface area contributed by atoms with Gasteiger partial charge in [-0.25, -0.2) is 9.59 Å². The number of allylic oxidation sites excluding steroid dienone is 1. The number of anilines is 1. The highest BCUT2D eigenvalue weighted by atomic mass is 19.4. The first kappa shape index (κ1) is 30.6. The number of likely N-dealkylation sites (tertiary alicyclic amines) is 1. The van der Waals surface area contributed by atoms with E-state index in [1.54, 1.807) is 18.2 Å². The molecule has 0 spiro atoms. The number of methoxy groups -OCH3 is 1. The lowest BCUT2D eigenvalue weighted by Gasteiger charge is -2.43. The fourth-order valence-corrected chi connectivity index (χ4v) is 5.92. The van der Waals surface area contributed by atoms with E-state index in [0.29, 0.717) is 23.1 Å². The zero-order chi connectivity index (χ0) is 30.8. The minimum atomic E-state index is -4.66. The molecule has 0 aromatic heterocycles. The van der Waals surface area contributed by atoms with E-state index < -0.39 is 35.7 Å². The molecule has 1 atom stereocenters. The summed E-state index contributed by atoms with van der Waals surface area (Å²) in [5.41, 5.74) is 6.37. The Morgan fingerprint density at radius 2 is 1.86 bits per heavy atom. The van der Waals surface area contributed by atoms with Crippen molar-refractivity contribution >= 4 is 23.6 Å². The highest BCUT2D eigenvalue weighted by molar-refractivity contribution is 6.10. The first-order chi connectivity index (χ1) is 19.8. The van der Waals surface area contributed by atoms with Crippen molar-refractivity contribution in [2.24, 2.45) is 5.73 Å². The molecule has 2 heterocycles. The fourth-order valence-electron chi connectivity index (χ4n) is 5.92. The third-order valence-corrected chi connectivity index (χ3v) is 8.15. The van der Waals surface area contributed by atoms with E-state index in [4.69, 9.17) is 15.9 Å². The molecule has 3 N–H and O–H groups in total. The highest BCUT2D eigenvalue weighted by Crippen LogP contribution is 2.42. The molecule has 0 bridgehead atoms. The van der Waals surface area contributed by atoms with Crippen LogP contribution < -0.4 is 10.6 Å². The number of primary amides is 1. The second-order valence-corrected chi connectivity index (χ2v) is 10.9. The number of urea groups is 1. The molecule has 2 aliphatic heterocycles. The largest absolute Gasteiger partial charge is 0.466 e. The third-order valence-electron chi connectivity index (χ3n) is 8.15. The average molecular weight is 584 g/mol. The van der Waals surface area contributed by atoms with E-state index in [1.807, 2.05) is 0 Å². The van der Waals surface area contributed by atoms with Gasteiger partial charge < -0.3 is 15.0 Å². The Hall–Kier alpha value is -4.37. The monoisotopic (exact) mass is 583 g/mol. The standard InChI is InChI=1S/C30H33F3N6O3/c1-19-25(27(40)42-3)26(24-11-10-20(18-34)16-21(24)12-15-39(2)13-5-4-6-14-39)38(29(36)41)28(35)37(19)23-9-7-8-22(17-23)30(31,32)33/h7-11,16-17,26,35H,4-6,12-15H2,1-3H3,(H-,36,41)/p+1/t26-/m1/s1. The Bertz CT molecular complexity index is 1470. The van der Waals surface area contributed by atoms with Crippen LogP contribution in [-0.2, 0) is 22.1 Å². The number of piperidine rings is 1. The molecule has 9 nitrogen and oxygen atoms in total. The molecule has 2 amide bonds. The maximum absolute atomic E-state index is 13.6. The number of benzene rings is 2. The summed E-state index contributed by atoms with van der Waals surface area (Å²) in [5.74, 6) is -1.36. The molecule has 1 fully saturated rings. The average Bonchev–Trinajstić information content (AvgIpc) is 2.95. The number of hydrogen-bond donors (Lipinski definition) is 2. The lowest BCUT2D eigenvalue weighted by Crippen LogP contribution is -2.55. The van der Waals surface area contributed by atoms with Crippen molar-refractivity contribution in [2.45, 2.75) is 44.8 Å². The molecule has 12 heteroatoms. The number of carbonyl (C=O) groups excluding carboxylic acids is 2. The minimum absolute atomic E-state index is 0.0611. The predicted molar refractivity (Wildman–Crippen MR) is 150 cm³/mol. The lowest BCUT2D eigenvalue weighted by molar-refractivity contribution is -0.913. The lowest BCUT2D eigenvalue weighted by atomic mass is 9.87. The molecule has 1 saturated heterocycles. The smallest absolute Gasteiger partial charge is 0.416 e. The van der Waals surface area contributed by atoms with Gasteiger partial charge in [0.05, 0.1) is 56.6 Å². The van der Waals surface area contributed by atoms with Gasteiger partial charge in [-0.2, -0.15) is 18.4 Å². The number of guanidine groups is 1. The number of amides is 2. The Balaban J connectivity index is 1.90. The van der Waals surface area contributed by atoms with E-state index in [0.717, 1.165) is 66.0 Å². The van der Waals surface area contributed by atoms with Gasteiger partial charge in [0.2, 0.25) is 5.96 Å². The van der Waals surface area contributed by atoms with Crippen LogP contribution in [0.3, 0.4) is 0 Å². The van der Waals surface area contributed by atoms with Gasteiger partial charge in [0.1, 0.15) is 6.04 Å². The molecule has 2 aliphatic rings. The first-order valence-electron chi connectivity index (χ1n) is 13.6. The highest BCUT2D eigenvalue weighted by Gasteiger charge is 2.45. The summed E-state index contributed by atoms with van der Waals surface area (Å²) in [6.45, 7) is 4.24. The van der Waals surface area contributed by atoms with Gasteiger partial charge in [-0.15, -0.1) is 0 Å². The molecular formula is C30H34F3N6O3+. The van der Waals surface area contributed by atoms with Gasteiger partial charge in [-0.1, -0.05) is 12.1 Å². The number of quaternary nitrogens is 1. The van der Waals surface area contributed by atoms with Gasteiger partial charge in [0.15, 0.2) is 0 Å². The summed E-state index contributed by atoms with van der Waals surface area (Å²) >= 11 is 0. The summed E-state index contributed by atoms with van der Waals surface area (Å²) in [6, 6.07) is 8.99. The number of esters is 1. The Kier molecular flexibility index (Phi) is 8.63. The maximum Gasteiger partial charge on any atom is 0.416 e. The number of nitrogens with two attached hydrogens (primary N) is 1. The van der Waals surface area contributed by atoms with E-state index in [-0.39, 0.29) is 17.0 Å². The van der Waals surface area contributed by atoms with Crippen molar-refractivity contribution in [3.8, 4) is 6.07 Å². The van der Waals surface area contributed by atoms with E-state index in [1.165, 1.54) is 25.5 Å². The number of likely N-dealkylation sites (N-methyl/N-ethyl adjacent to an activating group) is 1. The SMILES string of the molecule is COC(=O)C1=C(C)N(c2cccc(C(F)(F)F)c2)C(=N)N(C(N)=O)[C@@H]1c1ccc(C#N)cc1CC[N+]1(C)CCCCC1. The first-order valence-corrected chi connectivity index (χ1v) is 13.6. The molecule has 2 aromatic carbocycles. The molecule has 0 unspecified atom stereocenters. The number of nitrogens with one attached hydrogen (secondary N) is 1. The van der Waals surface area contributed by atoms with Crippen molar-refractivity contribution in [2.75, 3.05) is 38.7 Å². The van der Waals surface area contributed by atoms with Crippen LogP contribution in [0.15, 0.2) is 53.7 Å². The van der Waals surface area contributed by atoms with Gasteiger partial charge >= 0.3 is 18.2 Å². The summed E-state index contributed by atoms with van der Waals surface area (Å²) < 4.78 is 46.6. The molecule has 2 aromatic rings. The molecule has 42 heavy (non-hydrogen) atoms. The fraction of sp³-hybridized carbons (Fsp3) is 0.400. The van der Waals surface area contributed by atoms with E-state index in [2.05, 4.69) is 13.1 Å². The third kappa shape index (κ3) is 5.97. The Labute approximate surface area is 242 Å². The Morgan fingerprint density at radius 1 is 1.17 bits per heavy atom. The van der Waals surface area contributed by atoms with Crippen LogP contribution in [0.1, 0.15) is 54.5 Å². The molecule has 4 rings (SSSR count). The zero-order valence-corrected chi connectivity index (χ0v) is 23.8. The van der Waals surface area contributed by atoms with Crippen molar-refractivity contribution in [1.29, 1.82) is 10.7 Å². The van der Waals surface area contributed by atoms with Crippen LogP contribution in [0.2, 0.25) is 0 Å². The van der Waals surface area contributed by atoms with Gasteiger partial charge in [-0.05, 0) is 67.6 Å². The topological polar surface area (TPSA) is 124 Å². The van der Waals surface area contributed by atoms with E-state index in [9.17, 15) is 28.0 Å². The number of hydrogen-bond acceptors (Lipinski definition) is 5. The molecule has 0 saturated carbocycles. The van der Waals surface area contributed by atoms with Gasteiger partial charge in [0.25, 0.3) is 0 Å². The van der Waals surface area contributed by atoms with Crippen LogP contribution in [0.25, 0.3) is 0 Å². The number of alkyl halides is 3. The number of carbonyl (C=O) groups is 2.